The van der Waals surface area contributed by atoms with Gasteiger partial charge in [0.2, 0.25) is 5.91 Å². The van der Waals surface area contributed by atoms with Gasteiger partial charge in [0.05, 0.1) is 19.6 Å². The van der Waals surface area contributed by atoms with E-state index in [4.69, 9.17) is 4.74 Å². The van der Waals surface area contributed by atoms with Crippen molar-refractivity contribution in [1.82, 2.24) is 4.90 Å². The second-order valence-electron chi connectivity index (χ2n) is 5.79. The summed E-state index contributed by atoms with van der Waals surface area (Å²) in [6.45, 7) is 0.682. The van der Waals surface area contributed by atoms with E-state index in [1.165, 1.54) is 6.07 Å². The molecule has 1 fully saturated rings. The molecule has 2 aromatic carbocycles. The lowest BCUT2D eigenvalue weighted by Crippen LogP contribution is -2.32. The average molecular weight is 313 g/mol. The number of carbonyl (C=O) groups excluding carboxylic acids is 1. The Morgan fingerprint density at radius 3 is 2.87 bits per heavy atom. The normalized spacial score (nSPS) is 17.3. The highest BCUT2D eigenvalue weighted by Gasteiger charge is 2.31. The quantitative estimate of drug-likeness (QED) is 0.860. The zero-order chi connectivity index (χ0) is 16.2. The molecule has 1 heterocycles. The van der Waals surface area contributed by atoms with Crippen molar-refractivity contribution in [2.45, 2.75) is 25.3 Å². The van der Waals surface area contributed by atoms with Crippen LogP contribution in [0.4, 0.5) is 4.39 Å². The van der Waals surface area contributed by atoms with Crippen LogP contribution in [0.1, 0.15) is 30.0 Å². The van der Waals surface area contributed by atoms with Crippen molar-refractivity contribution in [2.75, 3.05) is 13.7 Å². The fourth-order valence-electron chi connectivity index (χ4n) is 3.19. The Morgan fingerprint density at radius 2 is 2.09 bits per heavy atom. The van der Waals surface area contributed by atoms with Gasteiger partial charge < -0.3 is 9.64 Å². The first-order chi connectivity index (χ1) is 11.2. The molecule has 23 heavy (non-hydrogen) atoms. The number of likely N-dealkylation sites (tertiary alicyclic amines) is 1. The third kappa shape index (κ3) is 3.36. The van der Waals surface area contributed by atoms with Gasteiger partial charge in [-0.25, -0.2) is 4.39 Å². The van der Waals surface area contributed by atoms with Crippen LogP contribution in [0.2, 0.25) is 0 Å². The van der Waals surface area contributed by atoms with Gasteiger partial charge in [-0.1, -0.05) is 30.3 Å². The van der Waals surface area contributed by atoms with Crippen molar-refractivity contribution < 1.29 is 13.9 Å². The maximum atomic E-state index is 14.0. The van der Waals surface area contributed by atoms with Gasteiger partial charge in [0, 0.05) is 12.1 Å². The SMILES string of the molecule is COc1cccc(CC(=O)N2CCC[C@H]2c2ccccc2F)c1. The first-order valence-electron chi connectivity index (χ1n) is 7.86. The lowest BCUT2D eigenvalue weighted by atomic mass is 10.0. The molecule has 4 heteroatoms. The van der Waals surface area contributed by atoms with E-state index >= 15 is 0 Å². The molecule has 3 nitrogen and oxygen atoms in total. The molecule has 120 valence electrons. The molecular formula is C19H20FNO2. The zero-order valence-electron chi connectivity index (χ0n) is 13.2. The summed E-state index contributed by atoms with van der Waals surface area (Å²) >= 11 is 0. The molecule has 0 aromatic heterocycles. The summed E-state index contributed by atoms with van der Waals surface area (Å²) in [6.07, 6.45) is 2.02. The Balaban J connectivity index is 1.77. The van der Waals surface area contributed by atoms with Gasteiger partial charge in [-0.2, -0.15) is 0 Å². The number of amides is 1. The number of nitrogens with zero attached hydrogens (tertiary/aromatic N) is 1. The first kappa shape index (κ1) is 15.5. The maximum absolute atomic E-state index is 14.0. The molecule has 0 radical (unpaired) electrons. The molecule has 0 aliphatic carbocycles. The van der Waals surface area contributed by atoms with Crippen LogP contribution in [-0.4, -0.2) is 24.5 Å². The van der Waals surface area contributed by atoms with E-state index in [9.17, 15) is 9.18 Å². The van der Waals surface area contributed by atoms with Gasteiger partial charge >= 0.3 is 0 Å². The molecule has 0 bridgehead atoms. The number of benzene rings is 2. The van der Waals surface area contributed by atoms with E-state index in [1.807, 2.05) is 30.3 Å². The second-order valence-corrected chi connectivity index (χ2v) is 5.79. The highest BCUT2D eigenvalue weighted by molar-refractivity contribution is 5.79. The molecule has 2 aromatic rings. The van der Waals surface area contributed by atoms with Gasteiger partial charge in [0.1, 0.15) is 11.6 Å². The van der Waals surface area contributed by atoms with Crippen molar-refractivity contribution in [2.24, 2.45) is 0 Å². The minimum absolute atomic E-state index is 0.0315. The first-order valence-corrected chi connectivity index (χ1v) is 7.86. The molecule has 1 amide bonds. The topological polar surface area (TPSA) is 29.5 Å². The van der Waals surface area contributed by atoms with Crippen LogP contribution < -0.4 is 4.74 Å². The Kier molecular flexibility index (Phi) is 4.60. The number of hydrogen-bond donors (Lipinski definition) is 0. The predicted octanol–water partition coefficient (Wildman–Crippen LogP) is 3.74. The van der Waals surface area contributed by atoms with Crippen LogP contribution in [0.25, 0.3) is 0 Å². The number of halogens is 1. The van der Waals surface area contributed by atoms with Crippen LogP contribution in [0.15, 0.2) is 48.5 Å². The molecule has 1 atom stereocenters. The smallest absolute Gasteiger partial charge is 0.227 e. The minimum atomic E-state index is -0.237. The highest BCUT2D eigenvalue weighted by Crippen LogP contribution is 2.33. The summed E-state index contributed by atoms with van der Waals surface area (Å²) in [6, 6.07) is 14.1. The molecule has 0 saturated carbocycles. The third-order valence-electron chi connectivity index (χ3n) is 4.33. The summed E-state index contributed by atoms with van der Waals surface area (Å²) in [5.74, 6) is 0.532. The largest absolute Gasteiger partial charge is 0.497 e. The van der Waals surface area contributed by atoms with E-state index in [0.717, 1.165) is 24.2 Å². The van der Waals surface area contributed by atoms with Crippen molar-refractivity contribution in [3.05, 3.63) is 65.5 Å². The van der Waals surface area contributed by atoms with Crippen molar-refractivity contribution >= 4 is 5.91 Å². The summed E-state index contributed by atoms with van der Waals surface area (Å²) in [4.78, 5) is 14.5. The lowest BCUT2D eigenvalue weighted by Gasteiger charge is -2.25. The van der Waals surface area contributed by atoms with E-state index < -0.39 is 0 Å². The molecule has 0 unspecified atom stereocenters. The number of methoxy groups -OCH3 is 1. The zero-order valence-corrected chi connectivity index (χ0v) is 13.2. The van der Waals surface area contributed by atoms with Gasteiger partial charge in [0.25, 0.3) is 0 Å². The van der Waals surface area contributed by atoms with Gasteiger partial charge in [0.15, 0.2) is 0 Å². The Morgan fingerprint density at radius 1 is 1.26 bits per heavy atom. The molecule has 1 aliphatic rings. The summed E-state index contributed by atoms with van der Waals surface area (Å²) < 4.78 is 19.2. The van der Waals surface area contributed by atoms with Gasteiger partial charge in [-0.05, 0) is 36.6 Å². The van der Waals surface area contributed by atoms with Crippen molar-refractivity contribution in [1.29, 1.82) is 0 Å². The number of carbonyl (C=O) groups is 1. The Labute approximate surface area is 135 Å². The van der Waals surface area contributed by atoms with E-state index in [0.29, 0.717) is 18.5 Å². The standard InChI is InChI=1S/C19H20FNO2/c1-23-15-7-4-6-14(12-15)13-19(22)21-11-5-10-18(21)16-8-2-3-9-17(16)20/h2-4,6-9,12,18H,5,10-11,13H2,1H3/t18-/m0/s1. The second kappa shape index (κ2) is 6.82. The van der Waals surface area contributed by atoms with Gasteiger partial charge in [-0.3, -0.25) is 4.79 Å². The van der Waals surface area contributed by atoms with Crippen LogP contribution in [0.5, 0.6) is 5.75 Å². The van der Waals surface area contributed by atoms with Crippen LogP contribution >= 0.6 is 0 Å². The molecule has 0 N–H and O–H groups in total. The molecule has 3 rings (SSSR count). The maximum Gasteiger partial charge on any atom is 0.227 e. The molecule has 1 saturated heterocycles. The molecular weight excluding hydrogens is 293 g/mol. The van der Waals surface area contributed by atoms with Crippen LogP contribution in [0, 0.1) is 5.82 Å². The summed E-state index contributed by atoms with van der Waals surface area (Å²) in [7, 11) is 1.61. The number of rotatable bonds is 4. The predicted molar refractivity (Wildman–Crippen MR) is 86.8 cm³/mol. The van der Waals surface area contributed by atoms with Crippen molar-refractivity contribution in [3.63, 3.8) is 0 Å². The van der Waals surface area contributed by atoms with Crippen LogP contribution in [0.3, 0.4) is 0 Å². The monoisotopic (exact) mass is 313 g/mol. The average Bonchev–Trinajstić information content (AvgIpc) is 3.05. The molecule has 0 spiro atoms. The highest BCUT2D eigenvalue weighted by atomic mass is 19.1. The number of hydrogen-bond acceptors (Lipinski definition) is 2. The fraction of sp³-hybridized carbons (Fsp3) is 0.316. The Hall–Kier alpha value is -2.36. The summed E-state index contributed by atoms with van der Waals surface area (Å²) in [5, 5.41) is 0. The Bertz CT molecular complexity index is 701. The van der Waals surface area contributed by atoms with Crippen molar-refractivity contribution in [3.8, 4) is 5.75 Å². The number of ether oxygens (including phenoxy) is 1. The van der Waals surface area contributed by atoms with Gasteiger partial charge in [-0.15, -0.1) is 0 Å². The lowest BCUT2D eigenvalue weighted by molar-refractivity contribution is -0.131. The summed E-state index contributed by atoms with van der Waals surface area (Å²) in [5.41, 5.74) is 1.53. The molecule has 1 aliphatic heterocycles. The third-order valence-corrected chi connectivity index (χ3v) is 4.33. The fourth-order valence-corrected chi connectivity index (χ4v) is 3.19. The van der Waals surface area contributed by atoms with E-state index in [-0.39, 0.29) is 17.8 Å². The minimum Gasteiger partial charge on any atom is -0.497 e. The van der Waals surface area contributed by atoms with E-state index in [1.54, 1.807) is 24.1 Å². The van der Waals surface area contributed by atoms with Crippen LogP contribution in [-0.2, 0) is 11.2 Å². The van der Waals surface area contributed by atoms with E-state index in [2.05, 4.69) is 0 Å².